The summed E-state index contributed by atoms with van der Waals surface area (Å²) in [5.74, 6) is 1.49. The van der Waals surface area contributed by atoms with E-state index in [9.17, 15) is 15.0 Å². The molecule has 0 saturated carbocycles. The fourth-order valence-electron chi connectivity index (χ4n) is 4.31. The molecule has 0 aromatic heterocycles. The van der Waals surface area contributed by atoms with Crippen LogP contribution in [0.25, 0.3) is 0 Å². The van der Waals surface area contributed by atoms with Crippen molar-refractivity contribution in [1.82, 2.24) is 9.80 Å². The van der Waals surface area contributed by atoms with Gasteiger partial charge in [0, 0.05) is 32.7 Å². The van der Waals surface area contributed by atoms with Crippen molar-refractivity contribution < 1.29 is 24.5 Å². The minimum absolute atomic E-state index is 0.00797. The highest BCUT2D eigenvalue weighted by molar-refractivity contribution is 5.94. The van der Waals surface area contributed by atoms with Crippen LogP contribution in [0.2, 0.25) is 0 Å². The van der Waals surface area contributed by atoms with Gasteiger partial charge in [0.25, 0.3) is 5.91 Å². The number of amides is 1. The lowest BCUT2D eigenvalue weighted by Gasteiger charge is -2.26. The number of rotatable bonds is 5. The smallest absolute Gasteiger partial charge is 0.253 e. The molecule has 0 spiro atoms. The highest BCUT2D eigenvalue weighted by Gasteiger charge is 2.20. The fraction of sp³-hybridized carbons (Fsp3) is 0.536. The van der Waals surface area contributed by atoms with Gasteiger partial charge < -0.3 is 24.6 Å². The molecule has 2 aromatic rings. The first-order chi connectivity index (χ1) is 16.9. The van der Waals surface area contributed by atoms with Crippen molar-refractivity contribution in [1.29, 1.82) is 0 Å². The molecule has 7 heteroatoms. The molecule has 192 valence electrons. The van der Waals surface area contributed by atoms with Gasteiger partial charge in [-0.05, 0) is 80.6 Å². The van der Waals surface area contributed by atoms with Crippen molar-refractivity contribution in [3.05, 3.63) is 59.2 Å². The molecule has 1 aliphatic rings. The lowest BCUT2D eigenvalue weighted by atomic mass is 10.0. The second kappa shape index (κ2) is 13.5. The summed E-state index contributed by atoms with van der Waals surface area (Å²) in [5, 5.41) is 21.1. The Morgan fingerprint density at radius 3 is 2.54 bits per heavy atom. The third kappa shape index (κ3) is 8.23. The number of aryl methyl sites for hydroxylation is 1. The first-order valence-electron chi connectivity index (χ1n) is 12.6. The summed E-state index contributed by atoms with van der Waals surface area (Å²) in [5.41, 5.74) is 2.78. The van der Waals surface area contributed by atoms with Crippen molar-refractivity contribution in [3.8, 4) is 11.5 Å². The normalized spacial score (nSPS) is 20.3. The molecule has 2 aromatic carbocycles. The van der Waals surface area contributed by atoms with Gasteiger partial charge in [-0.15, -0.1) is 0 Å². The highest BCUT2D eigenvalue weighted by Crippen LogP contribution is 2.24. The number of ether oxygens (including phenoxy) is 2. The average molecular weight is 485 g/mol. The molecule has 3 rings (SSSR count). The van der Waals surface area contributed by atoms with Gasteiger partial charge in [-0.3, -0.25) is 9.69 Å². The van der Waals surface area contributed by atoms with Gasteiger partial charge in [0.2, 0.25) is 0 Å². The maximum absolute atomic E-state index is 12.4. The second-order valence-corrected chi connectivity index (χ2v) is 9.42. The topological polar surface area (TPSA) is 82.5 Å². The van der Waals surface area contributed by atoms with Crippen LogP contribution in [0.3, 0.4) is 0 Å². The van der Waals surface area contributed by atoms with Crippen LogP contribution >= 0.6 is 0 Å². The zero-order valence-corrected chi connectivity index (χ0v) is 21.3. The monoisotopic (exact) mass is 484 g/mol. The van der Waals surface area contributed by atoms with Gasteiger partial charge in [-0.25, -0.2) is 0 Å². The van der Waals surface area contributed by atoms with Gasteiger partial charge in [-0.1, -0.05) is 18.6 Å². The number of carbonyl (C=O) groups excluding carboxylic acids is 1. The lowest BCUT2D eigenvalue weighted by molar-refractivity contribution is -0.0163. The molecular formula is C28H40N2O5. The molecule has 7 nitrogen and oxygen atoms in total. The van der Waals surface area contributed by atoms with Gasteiger partial charge in [0.05, 0.1) is 12.7 Å². The van der Waals surface area contributed by atoms with Crippen molar-refractivity contribution in [3.63, 3.8) is 0 Å². The SMILES string of the molecule is CCOc1ccc(CN2CCCCCc3cc(C(=O)N(C)C)ccc3OC[C@@H](O)[C@@H](O)CC2)cc1. The highest BCUT2D eigenvalue weighted by atomic mass is 16.5. The zero-order chi connectivity index (χ0) is 25.2. The number of benzene rings is 2. The zero-order valence-electron chi connectivity index (χ0n) is 21.3. The molecule has 0 unspecified atom stereocenters. The predicted molar refractivity (Wildman–Crippen MR) is 137 cm³/mol. The Labute approximate surface area is 209 Å². The minimum Gasteiger partial charge on any atom is -0.494 e. The van der Waals surface area contributed by atoms with Crippen LogP contribution < -0.4 is 9.47 Å². The van der Waals surface area contributed by atoms with Gasteiger partial charge in [0.15, 0.2) is 0 Å². The second-order valence-electron chi connectivity index (χ2n) is 9.42. The largest absolute Gasteiger partial charge is 0.494 e. The van der Waals surface area contributed by atoms with E-state index in [0.717, 1.165) is 50.1 Å². The molecule has 1 aliphatic heterocycles. The van der Waals surface area contributed by atoms with E-state index in [4.69, 9.17) is 9.47 Å². The molecule has 1 heterocycles. The van der Waals surface area contributed by atoms with Crippen molar-refractivity contribution in [2.75, 3.05) is 40.4 Å². The van der Waals surface area contributed by atoms with E-state index in [-0.39, 0.29) is 12.5 Å². The van der Waals surface area contributed by atoms with Crippen LogP contribution in [-0.4, -0.2) is 78.5 Å². The standard InChI is InChI=1S/C28H40N2O5/c1-4-34-24-12-9-21(10-13-24)19-30-16-7-5-6-8-22-18-23(28(33)29(2)3)11-14-27(22)35-20-26(32)25(31)15-17-30/h9-14,18,25-26,31-32H,4-8,15-17,19-20H2,1-3H3/t25-,26+/m0/s1. The molecule has 0 fully saturated rings. The summed E-state index contributed by atoms with van der Waals surface area (Å²) in [6, 6.07) is 13.6. The number of aliphatic hydroxyl groups excluding tert-OH is 2. The number of hydrogen-bond donors (Lipinski definition) is 2. The van der Waals surface area contributed by atoms with E-state index < -0.39 is 12.2 Å². The number of carbonyl (C=O) groups is 1. The molecule has 1 amide bonds. The number of fused-ring (bicyclic) bond motifs is 1. The van der Waals surface area contributed by atoms with Crippen molar-refractivity contribution >= 4 is 5.91 Å². The van der Waals surface area contributed by atoms with Crippen LogP contribution in [0, 0.1) is 0 Å². The van der Waals surface area contributed by atoms with E-state index in [2.05, 4.69) is 17.0 Å². The Morgan fingerprint density at radius 1 is 1.06 bits per heavy atom. The summed E-state index contributed by atoms with van der Waals surface area (Å²) in [6.45, 7) is 5.02. The van der Waals surface area contributed by atoms with Gasteiger partial charge in [0.1, 0.15) is 24.2 Å². The summed E-state index contributed by atoms with van der Waals surface area (Å²) in [7, 11) is 3.48. The van der Waals surface area contributed by atoms with Gasteiger partial charge >= 0.3 is 0 Å². The maximum atomic E-state index is 12.4. The Balaban J connectivity index is 1.68. The molecule has 0 saturated heterocycles. The average Bonchev–Trinajstić information content (AvgIpc) is 2.85. The van der Waals surface area contributed by atoms with E-state index in [1.54, 1.807) is 31.1 Å². The first kappa shape index (κ1) is 27.0. The quantitative estimate of drug-likeness (QED) is 0.676. The summed E-state index contributed by atoms with van der Waals surface area (Å²) < 4.78 is 11.4. The van der Waals surface area contributed by atoms with Crippen molar-refractivity contribution in [2.24, 2.45) is 0 Å². The number of nitrogens with zero attached hydrogens (tertiary/aromatic N) is 2. The van der Waals surface area contributed by atoms with Crippen LogP contribution in [0.4, 0.5) is 0 Å². The number of hydrogen-bond acceptors (Lipinski definition) is 6. The summed E-state index contributed by atoms with van der Waals surface area (Å²) in [4.78, 5) is 16.3. The Kier molecular flexibility index (Phi) is 10.4. The lowest BCUT2D eigenvalue weighted by Crippen LogP contribution is -2.36. The predicted octanol–water partition coefficient (Wildman–Crippen LogP) is 3.51. The van der Waals surface area contributed by atoms with E-state index in [0.29, 0.717) is 30.9 Å². The third-order valence-corrected chi connectivity index (χ3v) is 6.37. The fourth-order valence-corrected chi connectivity index (χ4v) is 4.31. The van der Waals surface area contributed by atoms with Crippen LogP contribution in [0.5, 0.6) is 11.5 Å². The summed E-state index contributed by atoms with van der Waals surface area (Å²) in [6.07, 6.45) is 2.46. The first-order valence-corrected chi connectivity index (χ1v) is 12.6. The molecular weight excluding hydrogens is 444 g/mol. The van der Waals surface area contributed by atoms with Crippen molar-refractivity contribution in [2.45, 2.75) is 57.8 Å². The minimum atomic E-state index is -0.985. The third-order valence-electron chi connectivity index (χ3n) is 6.37. The Hall–Kier alpha value is -2.61. The van der Waals surface area contributed by atoms with E-state index in [1.165, 1.54) is 5.56 Å². The Morgan fingerprint density at radius 2 is 1.83 bits per heavy atom. The van der Waals surface area contributed by atoms with Crippen LogP contribution in [0.1, 0.15) is 54.1 Å². The molecule has 0 radical (unpaired) electrons. The Bertz CT molecular complexity index is 931. The maximum Gasteiger partial charge on any atom is 0.253 e. The van der Waals surface area contributed by atoms with E-state index in [1.807, 2.05) is 25.1 Å². The molecule has 0 bridgehead atoms. The number of aliphatic hydroxyl groups is 2. The molecule has 35 heavy (non-hydrogen) atoms. The van der Waals surface area contributed by atoms with Gasteiger partial charge in [-0.2, -0.15) is 0 Å². The molecule has 2 atom stereocenters. The molecule has 0 aliphatic carbocycles. The molecule has 2 N–H and O–H groups in total. The van der Waals surface area contributed by atoms with E-state index >= 15 is 0 Å². The summed E-state index contributed by atoms with van der Waals surface area (Å²) >= 11 is 0. The van der Waals surface area contributed by atoms with Crippen LogP contribution in [0.15, 0.2) is 42.5 Å². The van der Waals surface area contributed by atoms with Crippen LogP contribution in [-0.2, 0) is 13.0 Å².